The van der Waals surface area contributed by atoms with Crippen molar-refractivity contribution in [3.63, 3.8) is 0 Å². The maximum absolute atomic E-state index is 12.0. The van der Waals surface area contributed by atoms with Crippen molar-refractivity contribution in [2.45, 2.75) is 13.3 Å². The third-order valence-corrected chi connectivity index (χ3v) is 3.43. The molecule has 1 amide bonds. The summed E-state index contributed by atoms with van der Waals surface area (Å²) >= 11 is 0. The molecule has 2 aromatic carbocycles. The number of hydrazone groups is 1. The number of nitrogens with one attached hydrogen (secondary N) is 1. The number of nitrogens with zero attached hydrogens (tertiary/aromatic N) is 2. The fourth-order valence-electron chi connectivity index (χ4n) is 2.27. The molecule has 8 nitrogen and oxygen atoms in total. The number of carbonyl (C=O) groups is 1. The SMILES string of the molecule is CCOc1cc(/C=N/NC(=O)Cc2ccccc2[N+](=O)[O-])ccc1OC. The second-order valence-corrected chi connectivity index (χ2v) is 5.20. The highest BCUT2D eigenvalue weighted by atomic mass is 16.6. The van der Waals surface area contributed by atoms with Gasteiger partial charge in [-0.2, -0.15) is 5.10 Å². The molecule has 0 aliphatic rings. The summed E-state index contributed by atoms with van der Waals surface area (Å²) in [6, 6.07) is 11.3. The number of ether oxygens (including phenoxy) is 2. The Kier molecular flexibility index (Phi) is 6.67. The van der Waals surface area contributed by atoms with Crippen LogP contribution in [0.4, 0.5) is 5.69 Å². The van der Waals surface area contributed by atoms with Gasteiger partial charge in [0.25, 0.3) is 5.69 Å². The minimum Gasteiger partial charge on any atom is -0.493 e. The van der Waals surface area contributed by atoms with Gasteiger partial charge in [-0.25, -0.2) is 5.43 Å². The largest absolute Gasteiger partial charge is 0.493 e. The fourth-order valence-corrected chi connectivity index (χ4v) is 2.27. The Morgan fingerprint density at radius 3 is 2.73 bits per heavy atom. The Morgan fingerprint density at radius 2 is 2.04 bits per heavy atom. The Balaban J connectivity index is 2.01. The first-order valence-corrected chi connectivity index (χ1v) is 7.90. The molecule has 136 valence electrons. The van der Waals surface area contributed by atoms with Gasteiger partial charge in [0, 0.05) is 11.6 Å². The van der Waals surface area contributed by atoms with E-state index in [1.165, 1.54) is 12.3 Å². The number of carbonyl (C=O) groups excluding carboxylic acids is 1. The number of para-hydroxylation sites is 1. The summed E-state index contributed by atoms with van der Waals surface area (Å²) in [4.78, 5) is 22.4. The maximum Gasteiger partial charge on any atom is 0.273 e. The molecule has 0 atom stereocenters. The number of rotatable bonds is 8. The highest BCUT2D eigenvalue weighted by molar-refractivity contribution is 5.84. The third-order valence-electron chi connectivity index (χ3n) is 3.43. The van der Waals surface area contributed by atoms with E-state index in [9.17, 15) is 14.9 Å². The fraction of sp³-hybridized carbons (Fsp3) is 0.222. The summed E-state index contributed by atoms with van der Waals surface area (Å²) in [5, 5.41) is 14.8. The quantitative estimate of drug-likeness (QED) is 0.444. The van der Waals surface area contributed by atoms with Crippen LogP contribution < -0.4 is 14.9 Å². The average molecular weight is 357 g/mol. The van der Waals surface area contributed by atoms with E-state index in [4.69, 9.17) is 9.47 Å². The number of benzene rings is 2. The minimum absolute atomic E-state index is 0.0943. The van der Waals surface area contributed by atoms with Gasteiger partial charge in [0.15, 0.2) is 11.5 Å². The monoisotopic (exact) mass is 357 g/mol. The van der Waals surface area contributed by atoms with Gasteiger partial charge in [0.1, 0.15) is 0 Å². The van der Waals surface area contributed by atoms with Crippen LogP contribution in [0.3, 0.4) is 0 Å². The number of nitro groups is 1. The molecule has 8 heteroatoms. The van der Waals surface area contributed by atoms with E-state index in [1.54, 1.807) is 43.5 Å². The molecule has 0 unspecified atom stereocenters. The van der Waals surface area contributed by atoms with Gasteiger partial charge < -0.3 is 9.47 Å². The lowest BCUT2D eigenvalue weighted by atomic mass is 10.1. The van der Waals surface area contributed by atoms with Crippen molar-refractivity contribution in [1.82, 2.24) is 5.43 Å². The molecule has 0 saturated heterocycles. The normalized spacial score (nSPS) is 10.5. The van der Waals surface area contributed by atoms with E-state index in [2.05, 4.69) is 10.5 Å². The summed E-state index contributed by atoms with van der Waals surface area (Å²) in [5.74, 6) is 0.726. The molecule has 0 heterocycles. The van der Waals surface area contributed by atoms with Crippen molar-refractivity contribution < 1.29 is 19.2 Å². The van der Waals surface area contributed by atoms with Crippen LogP contribution >= 0.6 is 0 Å². The Bertz CT molecular complexity index is 820. The Morgan fingerprint density at radius 1 is 1.27 bits per heavy atom. The molecule has 0 spiro atoms. The van der Waals surface area contributed by atoms with Gasteiger partial charge in [0.2, 0.25) is 5.91 Å². The number of nitro benzene ring substituents is 1. The zero-order valence-electron chi connectivity index (χ0n) is 14.5. The lowest BCUT2D eigenvalue weighted by Gasteiger charge is -2.09. The van der Waals surface area contributed by atoms with Gasteiger partial charge in [-0.3, -0.25) is 14.9 Å². The molecule has 0 radical (unpaired) electrons. The molecule has 0 fully saturated rings. The highest BCUT2D eigenvalue weighted by Crippen LogP contribution is 2.27. The summed E-state index contributed by atoms with van der Waals surface area (Å²) in [7, 11) is 1.55. The predicted octanol–water partition coefficient (Wildman–Crippen LogP) is 2.69. The highest BCUT2D eigenvalue weighted by Gasteiger charge is 2.15. The van der Waals surface area contributed by atoms with Gasteiger partial charge in [-0.1, -0.05) is 18.2 Å². The number of methoxy groups -OCH3 is 1. The molecule has 0 bridgehead atoms. The second-order valence-electron chi connectivity index (χ2n) is 5.20. The van der Waals surface area contributed by atoms with Gasteiger partial charge in [-0.05, 0) is 30.7 Å². The van der Waals surface area contributed by atoms with Crippen LogP contribution in [-0.2, 0) is 11.2 Å². The smallest absolute Gasteiger partial charge is 0.273 e. The lowest BCUT2D eigenvalue weighted by molar-refractivity contribution is -0.385. The predicted molar refractivity (Wildman–Crippen MR) is 96.7 cm³/mol. The van der Waals surface area contributed by atoms with Gasteiger partial charge >= 0.3 is 0 Å². The van der Waals surface area contributed by atoms with Crippen LogP contribution in [-0.4, -0.2) is 30.8 Å². The summed E-state index contributed by atoms with van der Waals surface area (Å²) in [5.41, 5.74) is 3.30. The number of hydrogen-bond donors (Lipinski definition) is 1. The van der Waals surface area contributed by atoms with Gasteiger partial charge in [-0.15, -0.1) is 0 Å². The molecule has 2 rings (SSSR count). The zero-order chi connectivity index (χ0) is 18.9. The van der Waals surface area contributed by atoms with E-state index < -0.39 is 10.8 Å². The van der Waals surface area contributed by atoms with E-state index >= 15 is 0 Å². The van der Waals surface area contributed by atoms with Crippen LogP contribution in [0, 0.1) is 10.1 Å². The number of amides is 1. The first-order chi connectivity index (χ1) is 12.5. The van der Waals surface area contributed by atoms with Crippen molar-refractivity contribution in [3.05, 3.63) is 63.7 Å². The van der Waals surface area contributed by atoms with E-state index in [0.29, 0.717) is 29.2 Å². The van der Waals surface area contributed by atoms with E-state index in [1.807, 2.05) is 6.92 Å². The summed E-state index contributed by atoms with van der Waals surface area (Å²) in [6.07, 6.45) is 1.32. The van der Waals surface area contributed by atoms with E-state index in [-0.39, 0.29) is 12.1 Å². The van der Waals surface area contributed by atoms with Crippen molar-refractivity contribution in [2.24, 2.45) is 5.10 Å². The topological polar surface area (TPSA) is 103 Å². The number of hydrogen-bond acceptors (Lipinski definition) is 6. The molecular formula is C18H19N3O5. The Labute approximate surface area is 150 Å². The first-order valence-electron chi connectivity index (χ1n) is 7.90. The summed E-state index contributed by atoms with van der Waals surface area (Å²) in [6.45, 7) is 2.35. The molecule has 0 saturated carbocycles. The molecular weight excluding hydrogens is 338 g/mol. The van der Waals surface area contributed by atoms with Crippen molar-refractivity contribution in [2.75, 3.05) is 13.7 Å². The Hall–Kier alpha value is -3.42. The molecule has 2 aromatic rings. The van der Waals surface area contributed by atoms with Crippen LogP contribution in [0.2, 0.25) is 0 Å². The van der Waals surface area contributed by atoms with Crippen LogP contribution in [0.25, 0.3) is 0 Å². The molecule has 26 heavy (non-hydrogen) atoms. The van der Waals surface area contributed by atoms with Gasteiger partial charge in [0.05, 0.1) is 31.3 Å². The molecule has 0 aliphatic carbocycles. The van der Waals surface area contributed by atoms with Crippen LogP contribution in [0.5, 0.6) is 11.5 Å². The molecule has 0 aliphatic heterocycles. The van der Waals surface area contributed by atoms with Crippen LogP contribution in [0.1, 0.15) is 18.1 Å². The minimum atomic E-state index is -0.515. The lowest BCUT2D eigenvalue weighted by Crippen LogP contribution is -2.20. The standard InChI is InChI=1S/C18H19N3O5/c1-3-26-17-10-13(8-9-16(17)25-2)12-19-20-18(22)11-14-6-4-5-7-15(14)21(23)24/h4-10,12H,3,11H2,1-2H3,(H,20,22)/b19-12+. The molecule has 0 aromatic heterocycles. The molecule has 1 N–H and O–H groups in total. The zero-order valence-corrected chi connectivity index (χ0v) is 14.5. The van der Waals surface area contributed by atoms with Crippen molar-refractivity contribution >= 4 is 17.8 Å². The third kappa shape index (κ3) is 5.04. The van der Waals surface area contributed by atoms with E-state index in [0.717, 1.165) is 0 Å². The summed E-state index contributed by atoms with van der Waals surface area (Å²) < 4.78 is 10.7. The first kappa shape index (κ1) is 18.9. The maximum atomic E-state index is 12.0. The second kappa shape index (κ2) is 9.16. The average Bonchev–Trinajstić information content (AvgIpc) is 2.62. The van der Waals surface area contributed by atoms with Crippen LogP contribution in [0.15, 0.2) is 47.6 Å². The van der Waals surface area contributed by atoms with Crippen molar-refractivity contribution in [3.8, 4) is 11.5 Å². The van der Waals surface area contributed by atoms with Crippen molar-refractivity contribution in [1.29, 1.82) is 0 Å².